The van der Waals surface area contributed by atoms with Crippen molar-refractivity contribution in [3.8, 4) is 0 Å². The Morgan fingerprint density at radius 2 is 1.83 bits per heavy atom. The molecular formula is C28H40O8. The summed E-state index contributed by atoms with van der Waals surface area (Å²) < 4.78 is 23.3. The highest BCUT2D eigenvalue weighted by Crippen LogP contribution is 2.58. The van der Waals surface area contributed by atoms with Crippen molar-refractivity contribution in [1.29, 1.82) is 0 Å². The van der Waals surface area contributed by atoms with Crippen LogP contribution in [-0.2, 0) is 38.1 Å². The minimum absolute atomic E-state index is 0.0464. The van der Waals surface area contributed by atoms with Gasteiger partial charge in [0.05, 0.1) is 24.0 Å². The number of carbonyl (C=O) groups is 4. The number of epoxide rings is 1. The summed E-state index contributed by atoms with van der Waals surface area (Å²) in [4.78, 5) is 50.9. The van der Waals surface area contributed by atoms with Gasteiger partial charge in [0.15, 0.2) is 6.10 Å². The SMILES string of the molecule is C=C1C2CC(=O)C(C(C)OC(C)=O)C2C(C2(C)CO2)C(OC(=O)C(C)CC)C1OC(=O)/C=C(\C)CC. The molecule has 0 spiro atoms. The van der Waals surface area contributed by atoms with Crippen LogP contribution >= 0.6 is 0 Å². The van der Waals surface area contributed by atoms with E-state index in [1.165, 1.54) is 13.0 Å². The second kappa shape index (κ2) is 10.9. The molecular weight excluding hydrogens is 464 g/mol. The predicted octanol–water partition coefficient (Wildman–Crippen LogP) is 3.96. The zero-order valence-electron chi connectivity index (χ0n) is 22.5. The van der Waals surface area contributed by atoms with Gasteiger partial charge in [0.2, 0.25) is 0 Å². The molecule has 2 aliphatic carbocycles. The zero-order valence-corrected chi connectivity index (χ0v) is 22.5. The molecule has 3 aliphatic rings. The average molecular weight is 505 g/mol. The summed E-state index contributed by atoms with van der Waals surface area (Å²) in [5.41, 5.74) is 0.722. The Morgan fingerprint density at radius 3 is 2.36 bits per heavy atom. The number of fused-ring (bicyclic) bond motifs is 1. The summed E-state index contributed by atoms with van der Waals surface area (Å²) in [6, 6.07) is 0. The zero-order chi connectivity index (χ0) is 26.9. The van der Waals surface area contributed by atoms with Crippen molar-refractivity contribution in [2.75, 3.05) is 6.61 Å². The normalized spacial score (nSPS) is 35.5. The van der Waals surface area contributed by atoms with Gasteiger partial charge < -0.3 is 18.9 Å². The molecule has 0 aromatic heterocycles. The monoisotopic (exact) mass is 504 g/mol. The molecule has 0 N–H and O–H groups in total. The van der Waals surface area contributed by atoms with Gasteiger partial charge in [-0.05, 0) is 51.0 Å². The lowest BCUT2D eigenvalue weighted by Crippen LogP contribution is -2.57. The molecule has 0 aromatic carbocycles. The molecule has 1 saturated heterocycles. The smallest absolute Gasteiger partial charge is 0.331 e. The molecule has 8 nitrogen and oxygen atoms in total. The molecule has 0 radical (unpaired) electrons. The molecule has 36 heavy (non-hydrogen) atoms. The summed E-state index contributed by atoms with van der Waals surface area (Å²) in [6.45, 7) is 17.1. The van der Waals surface area contributed by atoms with Crippen LogP contribution in [0.5, 0.6) is 0 Å². The minimum Gasteiger partial charge on any atom is -0.462 e. The van der Waals surface area contributed by atoms with Crippen molar-refractivity contribution in [2.24, 2.45) is 29.6 Å². The van der Waals surface area contributed by atoms with E-state index < -0.39 is 53.7 Å². The van der Waals surface area contributed by atoms with Gasteiger partial charge in [-0.25, -0.2) is 4.79 Å². The summed E-state index contributed by atoms with van der Waals surface area (Å²) in [5, 5.41) is 0. The number of allylic oxidation sites excluding steroid dienone is 1. The van der Waals surface area contributed by atoms with Gasteiger partial charge in [0.25, 0.3) is 0 Å². The second-order valence-electron chi connectivity index (χ2n) is 10.8. The lowest BCUT2D eigenvalue weighted by molar-refractivity contribution is -0.183. The highest BCUT2D eigenvalue weighted by atomic mass is 16.6. The van der Waals surface area contributed by atoms with E-state index in [2.05, 4.69) is 6.58 Å². The fourth-order valence-corrected chi connectivity index (χ4v) is 5.76. The van der Waals surface area contributed by atoms with Gasteiger partial charge >= 0.3 is 17.9 Å². The number of rotatable bonds is 9. The molecule has 9 atom stereocenters. The van der Waals surface area contributed by atoms with Gasteiger partial charge in [0.1, 0.15) is 18.0 Å². The first-order chi connectivity index (χ1) is 16.8. The lowest BCUT2D eigenvalue weighted by atomic mass is 9.61. The van der Waals surface area contributed by atoms with Crippen molar-refractivity contribution in [3.05, 3.63) is 23.8 Å². The van der Waals surface area contributed by atoms with Crippen molar-refractivity contribution >= 4 is 23.7 Å². The first-order valence-electron chi connectivity index (χ1n) is 12.9. The maximum Gasteiger partial charge on any atom is 0.331 e. The average Bonchev–Trinajstić information content (AvgIpc) is 3.45. The van der Waals surface area contributed by atoms with Crippen LogP contribution in [0.2, 0.25) is 0 Å². The largest absolute Gasteiger partial charge is 0.462 e. The predicted molar refractivity (Wildman–Crippen MR) is 132 cm³/mol. The Labute approximate surface area is 213 Å². The van der Waals surface area contributed by atoms with Crippen LogP contribution in [0.1, 0.15) is 67.7 Å². The van der Waals surface area contributed by atoms with Crippen LogP contribution in [0, 0.1) is 29.6 Å². The summed E-state index contributed by atoms with van der Waals surface area (Å²) in [5.74, 6) is -3.54. The van der Waals surface area contributed by atoms with Gasteiger partial charge in [-0.3, -0.25) is 14.4 Å². The van der Waals surface area contributed by atoms with E-state index >= 15 is 0 Å². The number of esters is 3. The molecule has 8 heteroatoms. The number of hydrogen-bond acceptors (Lipinski definition) is 8. The van der Waals surface area contributed by atoms with Gasteiger partial charge in [0, 0.05) is 25.3 Å². The van der Waals surface area contributed by atoms with Gasteiger partial charge in [-0.15, -0.1) is 0 Å². The van der Waals surface area contributed by atoms with E-state index in [1.807, 2.05) is 27.7 Å². The molecule has 9 unspecified atom stereocenters. The van der Waals surface area contributed by atoms with Crippen LogP contribution in [0.25, 0.3) is 0 Å². The van der Waals surface area contributed by atoms with E-state index in [0.29, 0.717) is 25.0 Å². The number of ketones is 1. The van der Waals surface area contributed by atoms with Gasteiger partial charge in [-0.2, -0.15) is 0 Å². The first-order valence-corrected chi connectivity index (χ1v) is 12.9. The molecule has 2 saturated carbocycles. The Hall–Kier alpha value is -2.48. The Kier molecular flexibility index (Phi) is 8.48. The van der Waals surface area contributed by atoms with Gasteiger partial charge in [-0.1, -0.05) is 32.9 Å². The van der Waals surface area contributed by atoms with E-state index in [4.69, 9.17) is 18.9 Å². The quantitative estimate of drug-likeness (QED) is 0.153. The van der Waals surface area contributed by atoms with Crippen molar-refractivity contribution in [3.63, 3.8) is 0 Å². The fourth-order valence-electron chi connectivity index (χ4n) is 5.76. The van der Waals surface area contributed by atoms with E-state index in [9.17, 15) is 19.2 Å². The van der Waals surface area contributed by atoms with Crippen LogP contribution in [0.4, 0.5) is 0 Å². The van der Waals surface area contributed by atoms with Crippen LogP contribution in [0.3, 0.4) is 0 Å². The lowest BCUT2D eigenvalue weighted by Gasteiger charge is -2.48. The molecule has 1 heterocycles. The summed E-state index contributed by atoms with van der Waals surface area (Å²) in [6.07, 6.45) is 0.432. The first kappa shape index (κ1) is 28.1. The summed E-state index contributed by atoms with van der Waals surface area (Å²) >= 11 is 0. The maximum absolute atomic E-state index is 13.3. The summed E-state index contributed by atoms with van der Waals surface area (Å²) in [7, 11) is 0. The molecule has 1 aliphatic heterocycles. The molecule has 0 amide bonds. The number of carbonyl (C=O) groups excluding carboxylic acids is 4. The Balaban J connectivity index is 2.07. The van der Waals surface area contributed by atoms with Crippen LogP contribution in [-0.4, -0.2) is 54.2 Å². The molecule has 3 rings (SSSR count). The molecule has 0 bridgehead atoms. The highest BCUT2D eigenvalue weighted by molar-refractivity contribution is 5.86. The second-order valence-corrected chi connectivity index (χ2v) is 10.8. The molecule has 0 aromatic rings. The van der Waals surface area contributed by atoms with Crippen molar-refractivity contribution in [2.45, 2.75) is 91.6 Å². The van der Waals surface area contributed by atoms with Crippen molar-refractivity contribution < 1.29 is 38.1 Å². The maximum atomic E-state index is 13.3. The Morgan fingerprint density at radius 1 is 1.19 bits per heavy atom. The Bertz CT molecular complexity index is 945. The minimum atomic E-state index is -0.922. The van der Waals surface area contributed by atoms with E-state index in [0.717, 1.165) is 5.57 Å². The third-order valence-corrected chi connectivity index (χ3v) is 8.18. The standard InChI is InChI=1S/C28H40O8/c1-9-14(3)11-21(31)35-25-16(5)19-12-20(30)22(17(6)34-18(7)29)23(19)24(28(8)13-33-28)26(25)36-27(32)15(4)10-2/h11,15,17,19,22-26H,5,9-10,12-13H2,1-4,6-8H3/b14-11+. The number of ether oxygens (including phenoxy) is 4. The topological polar surface area (TPSA) is 109 Å². The van der Waals surface area contributed by atoms with Crippen LogP contribution in [0.15, 0.2) is 23.8 Å². The van der Waals surface area contributed by atoms with Crippen molar-refractivity contribution in [1.82, 2.24) is 0 Å². The van der Waals surface area contributed by atoms with E-state index in [1.54, 1.807) is 13.8 Å². The number of hydrogen-bond donors (Lipinski definition) is 0. The molecule has 3 fully saturated rings. The van der Waals surface area contributed by atoms with Crippen LogP contribution < -0.4 is 0 Å². The molecule has 200 valence electrons. The highest BCUT2D eigenvalue weighted by Gasteiger charge is 2.67. The third kappa shape index (κ3) is 5.58. The fraction of sp³-hybridized carbons (Fsp3) is 0.714. The number of Topliss-reactive ketones (excluding diaryl/α,β-unsaturated/α-hetero) is 1. The third-order valence-electron chi connectivity index (χ3n) is 8.18. The van der Waals surface area contributed by atoms with E-state index in [-0.39, 0.29) is 30.0 Å².